The van der Waals surface area contributed by atoms with Crippen molar-refractivity contribution in [2.75, 3.05) is 12.9 Å². The lowest BCUT2D eigenvalue weighted by Crippen LogP contribution is -2.24. The van der Waals surface area contributed by atoms with Gasteiger partial charge in [0.2, 0.25) is 0 Å². The minimum absolute atomic E-state index is 0.0531. The normalized spacial score (nSPS) is 11.0. The minimum Gasteiger partial charge on any atom is -0.497 e. The van der Waals surface area contributed by atoms with E-state index in [-0.39, 0.29) is 17.2 Å². The second kappa shape index (κ2) is 9.93. The number of hydrazone groups is 1. The van der Waals surface area contributed by atoms with Gasteiger partial charge in [0.1, 0.15) is 5.75 Å². The molecule has 0 radical (unpaired) electrons. The van der Waals surface area contributed by atoms with Gasteiger partial charge in [-0.25, -0.2) is 10.4 Å². The Morgan fingerprint density at radius 2 is 1.78 bits per heavy atom. The van der Waals surface area contributed by atoms with Crippen LogP contribution in [-0.2, 0) is 4.79 Å². The number of amides is 1. The van der Waals surface area contributed by atoms with Crippen molar-refractivity contribution in [3.05, 3.63) is 94.8 Å². The van der Waals surface area contributed by atoms with Crippen molar-refractivity contribution in [2.45, 2.75) is 5.16 Å². The Labute approximate surface area is 188 Å². The fourth-order valence-corrected chi connectivity index (χ4v) is 3.85. The van der Waals surface area contributed by atoms with Crippen molar-refractivity contribution in [3.8, 4) is 11.4 Å². The fourth-order valence-electron chi connectivity index (χ4n) is 3.05. The third kappa shape index (κ3) is 4.87. The van der Waals surface area contributed by atoms with E-state index in [4.69, 9.17) is 4.74 Å². The number of carbonyl (C=O) groups is 1. The number of rotatable bonds is 7. The van der Waals surface area contributed by atoms with Gasteiger partial charge in [-0.2, -0.15) is 5.10 Å². The molecule has 0 aliphatic heterocycles. The Kier molecular flexibility index (Phi) is 6.62. The Balaban J connectivity index is 1.51. The summed E-state index contributed by atoms with van der Waals surface area (Å²) in [5.41, 5.74) is 4.43. The number of hydrogen-bond acceptors (Lipinski definition) is 6. The zero-order valence-corrected chi connectivity index (χ0v) is 18.1. The number of ether oxygens (including phenoxy) is 1. The molecule has 0 atom stereocenters. The highest BCUT2D eigenvalue weighted by Gasteiger charge is 2.14. The van der Waals surface area contributed by atoms with Crippen LogP contribution in [0, 0.1) is 0 Å². The van der Waals surface area contributed by atoms with Gasteiger partial charge in [-0.05, 0) is 54.1 Å². The van der Waals surface area contributed by atoms with Crippen molar-refractivity contribution in [1.29, 1.82) is 0 Å². The molecule has 3 aromatic carbocycles. The number of methoxy groups -OCH3 is 1. The highest BCUT2D eigenvalue weighted by atomic mass is 32.2. The average molecular weight is 445 g/mol. The minimum atomic E-state index is -0.304. The molecule has 1 amide bonds. The van der Waals surface area contributed by atoms with Crippen LogP contribution in [0.3, 0.4) is 0 Å². The molecule has 0 saturated heterocycles. The first-order valence-corrected chi connectivity index (χ1v) is 10.8. The van der Waals surface area contributed by atoms with E-state index in [2.05, 4.69) is 15.5 Å². The predicted octanol–water partition coefficient (Wildman–Crippen LogP) is 3.64. The number of aromatic nitrogens is 2. The first kappa shape index (κ1) is 21.3. The summed E-state index contributed by atoms with van der Waals surface area (Å²) in [6, 6.07) is 23.7. The highest BCUT2D eigenvalue weighted by molar-refractivity contribution is 7.99. The Hall–Kier alpha value is -3.91. The van der Waals surface area contributed by atoms with Crippen LogP contribution in [0.5, 0.6) is 5.75 Å². The third-order valence-corrected chi connectivity index (χ3v) is 5.55. The zero-order valence-electron chi connectivity index (χ0n) is 17.3. The fraction of sp³-hybridized carbons (Fsp3) is 0.0833. The number of thioether (sulfide) groups is 1. The second-order valence-corrected chi connectivity index (χ2v) is 7.69. The summed E-state index contributed by atoms with van der Waals surface area (Å²) in [6.07, 6.45) is 1.55. The number of nitrogens with one attached hydrogen (secondary N) is 1. The van der Waals surface area contributed by atoms with Crippen molar-refractivity contribution in [2.24, 2.45) is 5.10 Å². The summed E-state index contributed by atoms with van der Waals surface area (Å²) in [6.45, 7) is 0. The Morgan fingerprint density at radius 1 is 1.06 bits per heavy atom. The molecular formula is C24H20N4O3S. The van der Waals surface area contributed by atoms with Crippen LogP contribution in [0.15, 0.2) is 93.9 Å². The monoisotopic (exact) mass is 444 g/mol. The van der Waals surface area contributed by atoms with Gasteiger partial charge in [0, 0.05) is 0 Å². The number of nitrogens with zero attached hydrogens (tertiary/aromatic N) is 3. The van der Waals surface area contributed by atoms with Crippen LogP contribution in [-0.4, -0.2) is 34.5 Å². The average Bonchev–Trinajstić information content (AvgIpc) is 2.84. The second-order valence-electron chi connectivity index (χ2n) is 6.74. The van der Waals surface area contributed by atoms with Gasteiger partial charge in [0.15, 0.2) is 5.16 Å². The maximum Gasteiger partial charge on any atom is 0.266 e. The molecule has 1 heterocycles. The van der Waals surface area contributed by atoms with Crippen LogP contribution >= 0.6 is 11.8 Å². The van der Waals surface area contributed by atoms with E-state index in [1.807, 2.05) is 66.7 Å². The summed E-state index contributed by atoms with van der Waals surface area (Å²) in [5, 5.41) is 4.95. The van der Waals surface area contributed by atoms with E-state index in [0.29, 0.717) is 21.7 Å². The van der Waals surface area contributed by atoms with Gasteiger partial charge >= 0.3 is 0 Å². The maximum atomic E-state index is 13.1. The van der Waals surface area contributed by atoms with Crippen LogP contribution in [0.1, 0.15) is 5.56 Å². The largest absolute Gasteiger partial charge is 0.497 e. The molecule has 1 N–H and O–H groups in total. The van der Waals surface area contributed by atoms with Crippen LogP contribution in [0.4, 0.5) is 0 Å². The Bertz CT molecular complexity index is 1320. The molecule has 4 aromatic rings. The van der Waals surface area contributed by atoms with Crippen molar-refractivity contribution < 1.29 is 9.53 Å². The molecule has 7 nitrogen and oxygen atoms in total. The van der Waals surface area contributed by atoms with Gasteiger partial charge in [-0.1, -0.05) is 42.1 Å². The molecule has 0 spiro atoms. The molecule has 0 aliphatic carbocycles. The van der Waals surface area contributed by atoms with Crippen molar-refractivity contribution in [1.82, 2.24) is 15.0 Å². The maximum absolute atomic E-state index is 13.1. The third-order valence-electron chi connectivity index (χ3n) is 4.61. The van der Waals surface area contributed by atoms with E-state index in [1.165, 1.54) is 16.3 Å². The van der Waals surface area contributed by atoms with Crippen LogP contribution in [0.2, 0.25) is 0 Å². The number of fused-ring (bicyclic) bond motifs is 1. The topological polar surface area (TPSA) is 85.6 Å². The molecule has 0 unspecified atom stereocenters. The predicted molar refractivity (Wildman–Crippen MR) is 127 cm³/mol. The summed E-state index contributed by atoms with van der Waals surface area (Å²) < 4.78 is 6.64. The van der Waals surface area contributed by atoms with E-state index in [9.17, 15) is 9.59 Å². The molecular weight excluding hydrogens is 424 g/mol. The summed E-state index contributed by atoms with van der Waals surface area (Å²) >= 11 is 1.18. The van der Waals surface area contributed by atoms with E-state index < -0.39 is 0 Å². The zero-order chi connectivity index (χ0) is 22.3. The van der Waals surface area contributed by atoms with Crippen LogP contribution < -0.4 is 15.7 Å². The number of para-hydroxylation sites is 2. The van der Waals surface area contributed by atoms with Crippen molar-refractivity contribution in [3.63, 3.8) is 0 Å². The van der Waals surface area contributed by atoms with E-state index in [0.717, 1.165) is 11.3 Å². The molecule has 4 rings (SSSR count). The summed E-state index contributed by atoms with van der Waals surface area (Å²) in [4.78, 5) is 30.1. The van der Waals surface area contributed by atoms with Gasteiger partial charge in [-0.15, -0.1) is 0 Å². The van der Waals surface area contributed by atoms with Gasteiger partial charge < -0.3 is 4.74 Å². The lowest BCUT2D eigenvalue weighted by Gasteiger charge is -2.12. The molecule has 0 aliphatic rings. The summed E-state index contributed by atoms with van der Waals surface area (Å²) in [5.74, 6) is 0.495. The lowest BCUT2D eigenvalue weighted by molar-refractivity contribution is -0.118. The summed E-state index contributed by atoms with van der Waals surface area (Å²) in [7, 11) is 1.60. The SMILES string of the molecule is COc1ccc(C=NNC(=O)CSc2nc3ccccc3c(=O)n2-c2ccccc2)cc1. The molecule has 8 heteroatoms. The Morgan fingerprint density at radius 3 is 2.53 bits per heavy atom. The van der Waals surface area contributed by atoms with Gasteiger partial charge in [0.05, 0.1) is 35.7 Å². The molecule has 0 saturated carbocycles. The molecule has 1 aromatic heterocycles. The smallest absolute Gasteiger partial charge is 0.266 e. The van der Waals surface area contributed by atoms with E-state index >= 15 is 0 Å². The standard InChI is InChI=1S/C24H20N4O3S/c1-31-19-13-11-17(12-14-19)15-25-27-22(29)16-32-24-26-21-10-6-5-9-20(21)23(30)28(24)18-7-3-2-4-8-18/h2-15H,16H2,1H3,(H,27,29). The first-order valence-electron chi connectivity index (χ1n) is 9.81. The van der Waals surface area contributed by atoms with Gasteiger partial charge in [-0.3, -0.25) is 14.2 Å². The molecule has 160 valence electrons. The number of carbonyl (C=O) groups excluding carboxylic acids is 1. The number of hydrogen-bond donors (Lipinski definition) is 1. The lowest BCUT2D eigenvalue weighted by atomic mass is 10.2. The number of benzene rings is 3. The molecule has 0 fully saturated rings. The van der Waals surface area contributed by atoms with Crippen LogP contribution in [0.25, 0.3) is 16.6 Å². The first-order chi connectivity index (χ1) is 15.7. The quantitative estimate of drug-likeness (QED) is 0.204. The van der Waals surface area contributed by atoms with Crippen molar-refractivity contribution >= 4 is 34.8 Å². The molecule has 32 heavy (non-hydrogen) atoms. The van der Waals surface area contributed by atoms with E-state index in [1.54, 1.807) is 25.5 Å². The highest BCUT2D eigenvalue weighted by Crippen LogP contribution is 2.21. The molecule has 0 bridgehead atoms. The van der Waals surface area contributed by atoms with Gasteiger partial charge in [0.25, 0.3) is 11.5 Å².